The van der Waals surface area contributed by atoms with Gasteiger partial charge in [-0.25, -0.2) is 0 Å². The van der Waals surface area contributed by atoms with Gasteiger partial charge in [-0.15, -0.1) is 0 Å². The quantitative estimate of drug-likeness (QED) is 0.173. The Bertz CT molecular complexity index is 1160. The van der Waals surface area contributed by atoms with E-state index in [1.165, 1.54) is 14.0 Å². The molecule has 15 heteroatoms. The molecule has 0 amide bonds. The molecule has 0 spiro atoms. The topological polar surface area (TPSA) is 206 Å². The lowest BCUT2D eigenvalue weighted by molar-refractivity contribution is -0.317. The Labute approximate surface area is 323 Å². The molecule has 3 rings (SSSR count). The summed E-state index contributed by atoms with van der Waals surface area (Å²) in [6, 6.07) is -0.833. The van der Waals surface area contributed by atoms with Crippen LogP contribution in [0.2, 0.25) is 0 Å². The molecule has 15 nitrogen and oxygen atoms in total. The second-order valence-electron chi connectivity index (χ2n) is 17.2. The predicted octanol–water partition coefficient (Wildman–Crippen LogP) is 1.37. The molecule has 1 unspecified atom stereocenters. The first kappa shape index (κ1) is 47.3. The molecule has 3 aliphatic rings. The van der Waals surface area contributed by atoms with Gasteiger partial charge in [0.1, 0.15) is 30.0 Å². The molecule has 54 heavy (non-hydrogen) atoms. The van der Waals surface area contributed by atoms with Crippen molar-refractivity contribution in [1.82, 2.24) is 9.80 Å². The summed E-state index contributed by atoms with van der Waals surface area (Å²) in [5.41, 5.74) is 1.48. The molecule has 3 aliphatic heterocycles. The third-order valence-corrected chi connectivity index (χ3v) is 12.5. The number of esters is 1. The number of carbonyl (C=O) groups is 1. The number of likely N-dealkylation sites (N-methyl/N-ethyl adjacent to an activating group) is 1. The number of aliphatic hydroxyl groups excluding tert-OH is 3. The summed E-state index contributed by atoms with van der Waals surface area (Å²) in [4.78, 5) is 18.2. The van der Waals surface area contributed by atoms with Crippen LogP contribution in [-0.2, 0) is 33.2 Å². The Morgan fingerprint density at radius 1 is 1.00 bits per heavy atom. The Balaban J connectivity index is 2.16. The van der Waals surface area contributed by atoms with Gasteiger partial charge < -0.3 is 64.6 Å². The molecule has 17 atom stereocenters. The van der Waals surface area contributed by atoms with Crippen LogP contribution in [0.1, 0.15) is 101 Å². The van der Waals surface area contributed by atoms with Crippen molar-refractivity contribution < 1.29 is 58.7 Å². The smallest absolute Gasteiger partial charge is 0.311 e. The van der Waals surface area contributed by atoms with Crippen molar-refractivity contribution in [2.45, 2.75) is 191 Å². The fourth-order valence-corrected chi connectivity index (χ4v) is 8.75. The number of aliphatic hydroxyl groups is 5. The highest BCUT2D eigenvalue weighted by Gasteiger charge is 2.52. The standard InChI is InChI=1S/C39H75N3O12/c1-13-28-39(9,48)32(44)25(5)42(19-15-17-40)18-14-16-37(7,47)34(54-36-30(43)27(41(10)11)20-22(2)50-36)23(3)31(24(4)35(46)52-28)53-29-21-38(8,49-12)33(45)26(6)51-29/h22-34,36,43-45,47-48H,13-21,40H2,1-12H3/t22-,23+,24-,25-,26+,27+,28-,29+,30-,31+,32-,33+,34-,36+,37?,38-,39-/m1/s1. The minimum atomic E-state index is -1.82. The monoisotopic (exact) mass is 778 g/mol. The highest BCUT2D eigenvalue weighted by atomic mass is 16.7. The SMILES string of the molecule is CC[C@H]1OC(=O)[C@H](C)[C@@H](O[C@H]2C[C@@](C)(OC)[C@@H](O)[C@H](C)O2)[C@H](C)[C@@H](O[C@@H]2O[C@H](C)C[C@H](N(C)C)[C@H]2O)C(C)(O)CCCN(CCCN)[C@H](C)[C@@H](O)[C@]1(C)O. The number of hydrogen-bond acceptors (Lipinski definition) is 15. The molecular weight excluding hydrogens is 702 g/mol. The summed E-state index contributed by atoms with van der Waals surface area (Å²) in [7, 11) is 5.27. The summed E-state index contributed by atoms with van der Waals surface area (Å²) in [5, 5.41) is 58.5. The molecule has 0 aliphatic carbocycles. The highest BCUT2D eigenvalue weighted by Crippen LogP contribution is 2.39. The van der Waals surface area contributed by atoms with Gasteiger partial charge >= 0.3 is 5.97 Å². The Morgan fingerprint density at radius 3 is 2.22 bits per heavy atom. The van der Waals surface area contributed by atoms with E-state index in [0.717, 1.165) is 0 Å². The highest BCUT2D eigenvalue weighted by molar-refractivity contribution is 5.73. The summed E-state index contributed by atoms with van der Waals surface area (Å²) in [6.07, 6.45) is -7.19. The van der Waals surface area contributed by atoms with Gasteiger partial charge in [-0.1, -0.05) is 13.8 Å². The number of nitrogens with zero attached hydrogens (tertiary/aromatic N) is 2. The summed E-state index contributed by atoms with van der Waals surface area (Å²) in [5.74, 6) is -2.46. The van der Waals surface area contributed by atoms with Crippen molar-refractivity contribution in [3.05, 3.63) is 0 Å². The van der Waals surface area contributed by atoms with Crippen LogP contribution in [0, 0.1) is 11.8 Å². The molecule has 3 heterocycles. The van der Waals surface area contributed by atoms with Crippen LogP contribution in [0.4, 0.5) is 0 Å². The molecule has 7 N–H and O–H groups in total. The lowest BCUT2D eigenvalue weighted by Crippen LogP contribution is -2.60. The van der Waals surface area contributed by atoms with Crippen LogP contribution >= 0.6 is 0 Å². The van der Waals surface area contributed by atoms with Gasteiger partial charge in [0.05, 0.1) is 41.5 Å². The van der Waals surface area contributed by atoms with Crippen LogP contribution in [0.5, 0.6) is 0 Å². The molecule has 0 aromatic heterocycles. The van der Waals surface area contributed by atoms with Crippen molar-refractivity contribution in [3.63, 3.8) is 0 Å². The van der Waals surface area contributed by atoms with Gasteiger partial charge in [-0.05, 0) is 114 Å². The number of ether oxygens (including phenoxy) is 6. The largest absolute Gasteiger partial charge is 0.459 e. The first-order valence-electron chi connectivity index (χ1n) is 20.0. The van der Waals surface area contributed by atoms with Crippen molar-refractivity contribution in [2.75, 3.05) is 40.8 Å². The lowest BCUT2D eigenvalue weighted by atomic mass is 9.79. The van der Waals surface area contributed by atoms with Crippen molar-refractivity contribution in [3.8, 4) is 0 Å². The zero-order valence-corrected chi connectivity index (χ0v) is 35.0. The van der Waals surface area contributed by atoms with Gasteiger partial charge in [0.2, 0.25) is 0 Å². The zero-order valence-electron chi connectivity index (χ0n) is 35.0. The van der Waals surface area contributed by atoms with Crippen LogP contribution in [0.25, 0.3) is 0 Å². The molecule has 0 saturated carbocycles. The average molecular weight is 778 g/mol. The molecule has 0 aromatic carbocycles. The minimum Gasteiger partial charge on any atom is -0.459 e. The van der Waals surface area contributed by atoms with Crippen LogP contribution in [0.3, 0.4) is 0 Å². The third kappa shape index (κ3) is 10.9. The number of carbonyl (C=O) groups excluding carboxylic acids is 1. The molecule has 318 valence electrons. The minimum absolute atomic E-state index is 0.128. The van der Waals surface area contributed by atoms with Gasteiger partial charge in [0, 0.05) is 31.5 Å². The third-order valence-electron chi connectivity index (χ3n) is 12.5. The van der Waals surface area contributed by atoms with E-state index in [0.29, 0.717) is 38.9 Å². The molecule has 0 aromatic rings. The number of nitrogens with two attached hydrogens (primary N) is 1. The van der Waals surface area contributed by atoms with Crippen LogP contribution in [-0.4, -0.2) is 172 Å². The van der Waals surface area contributed by atoms with E-state index >= 15 is 0 Å². The van der Waals surface area contributed by atoms with E-state index in [2.05, 4.69) is 0 Å². The van der Waals surface area contributed by atoms with Gasteiger partial charge in [0.15, 0.2) is 12.6 Å². The second-order valence-corrected chi connectivity index (χ2v) is 17.2. The maximum Gasteiger partial charge on any atom is 0.311 e. The molecule has 3 saturated heterocycles. The van der Waals surface area contributed by atoms with Gasteiger partial charge in [0.25, 0.3) is 0 Å². The van der Waals surface area contributed by atoms with Crippen molar-refractivity contribution in [2.24, 2.45) is 17.6 Å². The van der Waals surface area contributed by atoms with E-state index < -0.39 is 96.0 Å². The number of rotatable bonds is 10. The zero-order chi connectivity index (χ0) is 40.9. The second kappa shape index (κ2) is 19.6. The van der Waals surface area contributed by atoms with Gasteiger partial charge in [-0.3, -0.25) is 9.69 Å². The fourth-order valence-electron chi connectivity index (χ4n) is 8.75. The number of methoxy groups -OCH3 is 1. The van der Waals surface area contributed by atoms with Crippen LogP contribution < -0.4 is 5.73 Å². The first-order chi connectivity index (χ1) is 25.1. The Hall–Kier alpha value is -1.05. The molecular formula is C39H75N3O12. The van der Waals surface area contributed by atoms with E-state index in [9.17, 15) is 30.3 Å². The Morgan fingerprint density at radius 2 is 1.65 bits per heavy atom. The van der Waals surface area contributed by atoms with E-state index in [1.807, 2.05) is 44.7 Å². The Kier molecular flexibility index (Phi) is 17.2. The first-order valence-corrected chi connectivity index (χ1v) is 20.0. The van der Waals surface area contributed by atoms with Crippen molar-refractivity contribution >= 4 is 5.97 Å². The average Bonchev–Trinajstić information content (AvgIpc) is 3.11. The van der Waals surface area contributed by atoms with E-state index in [-0.39, 0.29) is 31.4 Å². The predicted molar refractivity (Wildman–Crippen MR) is 202 cm³/mol. The molecule has 3 fully saturated rings. The van der Waals surface area contributed by atoms with E-state index in [4.69, 9.17) is 34.2 Å². The fraction of sp³-hybridized carbons (Fsp3) is 0.974. The van der Waals surface area contributed by atoms with Crippen LogP contribution in [0.15, 0.2) is 0 Å². The maximum absolute atomic E-state index is 14.3. The summed E-state index contributed by atoms with van der Waals surface area (Å²) in [6.45, 7) is 17.0. The van der Waals surface area contributed by atoms with E-state index in [1.54, 1.807) is 34.6 Å². The summed E-state index contributed by atoms with van der Waals surface area (Å²) >= 11 is 0. The van der Waals surface area contributed by atoms with Gasteiger partial charge in [-0.2, -0.15) is 0 Å². The molecule has 0 bridgehead atoms. The maximum atomic E-state index is 14.3. The lowest BCUT2D eigenvalue weighted by Gasteiger charge is -2.48. The number of hydrogen-bond donors (Lipinski definition) is 6. The number of cyclic esters (lactones) is 1. The molecule has 0 radical (unpaired) electrons. The normalized spacial score (nSPS) is 46.8. The summed E-state index contributed by atoms with van der Waals surface area (Å²) < 4.78 is 37.6. The van der Waals surface area contributed by atoms with Crippen molar-refractivity contribution in [1.29, 1.82) is 0 Å².